The van der Waals surface area contributed by atoms with Gasteiger partial charge in [-0.05, 0) is 55.4 Å². The number of piperidine rings is 1. The molecule has 1 aliphatic carbocycles. The van der Waals surface area contributed by atoms with Gasteiger partial charge in [-0.3, -0.25) is 4.98 Å². The number of nitrogens with zero attached hydrogens (tertiary/aromatic N) is 6. The van der Waals surface area contributed by atoms with Crippen LogP contribution >= 0.6 is 0 Å². The fraction of sp³-hybridized carbons (Fsp3) is 0.458. The van der Waals surface area contributed by atoms with Crippen molar-refractivity contribution < 1.29 is 22.0 Å². The van der Waals surface area contributed by atoms with Crippen LogP contribution in [0.15, 0.2) is 36.5 Å². The first-order valence-electron chi connectivity index (χ1n) is 12.0. The van der Waals surface area contributed by atoms with E-state index in [4.69, 9.17) is 0 Å². The molecule has 1 aromatic carbocycles. The van der Waals surface area contributed by atoms with Crippen molar-refractivity contribution in [2.75, 3.05) is 34.8 Å². The van der Waals surface area contributed by atoms with E-state index in [1.54, 1.807) is 15.6 Å². The van der Waals surface area contributed by atoms with E-state index < -0.39 is 23.5 Å². The SMILES string of the molecule is Fc1cc(F)cc(N2CCCn3nc(NC4[C@@H]5CC[C@H]4CN(c4ccnc(C(F)(F)F)c4)C5)nc32)c1. The zero-order chi connectivity index (χ0) is 25.0. The quantitative estimate of drug-likeness (QED) is 0.513. The van der Waals surface area contributed by atoms with E-state index in [2.05, 4.69) is 20.4 Å². The number of anilines is 4. The molecule has 6 rings (SSSR count). The zero-order valence-electron chi connectivity index (χ0n) is 19.2. The fourth-order valence-corrected chi connectivity index (χ4v) is 5.75. The fourth-order valence-electron chi connectivity index (χ4n) is 5.75. The van der Waals surface area contributed by atoms with Crippen LogP contribution in [0.2, 0.25) is 0 Å². The number of hydrogen-bond donors (Lipinski definition) is 1. The van der Waals surface area contributed by atoms with Crippen LogP contribution in [0.1, 0.15) is 25.0 Å². The van der Waals surface area contributed by atoms with Crippen molar-refractivity contribution in [3.05, 3.63) is 53.9 Å². The first-order valence-corrected chi connectivity index (χ1v) is 12.0. The second kappa shape index (κ2) is 8.59. The largest absolute Gasteiger partial charge is 0.433 e. The number of rotatable bonds is 4. The molecule has 2 bridgehead atoms. The average Bonchev–Trinajstić information content (AvgIpc) is 3.33. The molecular formula is C24H24F5N7. The summed E-state index contributed by atoms with van der Waals surface area (Å²) >= 11 is 0. The normalized spacial score (nSPS) is 23.6. The van der Waals surface area contributed by atoms with Gasteiger partial charge in [0.2, 0.25) is 11.9 Å². The minimum atomic E-state index is -4.48. The number of fused-ring (bicyclic) bond motifs is 3. The molecule has 3 aromatic rings. The number of aryl methyl sites for hydroxylation is 1. The number of hydrogen-bond acceptors (Lipinski definition) is 6. The van der Waals surface area contributed by atoms with Crippen LogP contribution < -0.4 is 15.1 Å². The van der Waals surface area contributed by atoms with Crippen molar-refractivity contribution in [2.45, 2.75) is 38.0 Å². The molecule has 190 valence electrons. The molecular weight excluding hydrogens is 481 g/mol. The van der Waals surface area contributed by atoms with Crippen LogP contribution in [0.5, 0.6) is 0 Å². The summed E-state index contributed by atoms with van der Waals surface area (Å²) in [5.74, 6) is 0.113. The van der Waals surface area contributed by atoms with Gasteiger partial charge in [0.1, 0.15) is 17.3 Å². The number of halogens is 5. The van der Waals surface area contributed by atoms with Gasteiger partial charge in [0.25, 0.3) is 0 Å². The Morgan fingerprint density at radius 2 is 1.64 bits per heavy atom. The highest BCUT2D eigenvalue weighted by molar-refractivity contribution is 5.59. The molecule has 0 amide bonds. The van der Waals surface area contributed by atoms with Gasteiger partial charge in [0.05, 0.1) is 0 Å². The van der Waals surface area contributed by atoms with Crippen molar-refractivity contribution >= 4 is 23.3 Å². The summed E-state index contributed by atoms with van der Waals surface area (Å²) < 4.78 is 68.8. The summed E-state index contributed by atoms with van der Waals surface area (Å²) in [4.78, 5) is 11.9. The molecule has 36 heavy (non-hydrogen) atoms. The Hall–Kier alpha value is -3.44. The van der Waals surface area contributed by atoms with Gasteiger partial charge in [-0.1, -0.05) is 0 Å². The van der Waals surface area contributed by atoms with E-state index in [0.29, 0.717) is 49.5 Å². The maximum atomic E-state index is 13.8. The topological polar surface area (TPSA) is 62.1 Å². The minimum Gasteiger partial charge on any atom is -0.371 e. The Bertz CT molecular complexity index is 1240. The average molecular weight is 505 g/mol. The number of nitrogens with one attached hydrogen (secondary N) is 1. The van der Waals surface area contributed by atoms with Crippen LogP contribution in [0.25, 0.3) is 0 Å². The monoisotopic (exact) mass is 505 g/mol. The third kappa shape index (κ3) is 4.22. The highest BCUT2D eigenvalue weighted by Gasteiger charge is 2.43. The third-order valence-electron chi connectivity index (χ3n) is 7.33. The smallest absolute Gasteiger partial charge is 0.371 e. The Morgan fingerprint density at radius 3 is 2.33 bits per heavy atom. The lowest BCUT2D eigenvalue weighted by atomic mass is 9.92. The number of benzene rings is 1. The maximum Gasteiger partial charge on any atom is 0.433 e. The van der Waals surface area contributed by atoms with Crippen LogP contribution in [0.4, 0.5) is 45.2 Å². The highest BCUT2D eigenvalue weighted by atomic mass is 19.4. The Balaban J connectivity index is 1.19. The maximum absolute atomic E-state index is 13.8. The summed E-state index contributed by atoms with van der Waals surface area (Å²) in [6.07, 6.45) is -0.605. The van der Waals surface area contributed by atoms with Crippen molar-refractivity contribution in [3.63, 3.8) is 0 Å². The lowest BCUT2D eigenvalue weighted by Crippen LogP contribution is -2.48. The second-order valence-corrected chi connectivity index (χ2v) is 9.66. The summed E-state index contributed by atoms with van der Waals surface area (Å²) in [5, 5.41) is 8.06. The zero-order valence-corrected chi connectivity index (χ0v) is 19.2. The lowest BCUT2D eigenvalue weighted by Gasteiger charge is -2.39. The molecule has 7 nitrogen and oxygen atoms in total. The molecule has 2 fully saturated rings. The van der Waals surface area contributed by atoms with E-state index >= 15 is 0 Å². The van der Waals surface area contributed by atoms with E-state index in [-0.39, 0.29) is 17.9 Å². The van der Waals surface area contributed by atoms with Crippen molar-refractivity contribution in [2.24, 2.45) is 11.8 Å². The first-order chi connectivity index (χ1) is 17.2. The number of pyridine rings is 1. The van der Waals surface area contributed by atoms with Gasteiger partial charge in [0.15, 0.2) is 0 Å². The molecule has 1 saturated carbocycles. The summed E-state index contributed by atoms with van der Waals surface area (Å²) in [7, 11) is 0. The van der Waals surface area contributed by atoms with E-state index in [9.17, 15) is 22.0 Å². The molecule has 0 radical (unpaired) electrons. The first kappa shape index (κ1) is 23.0. The van der Waals surface area contributed by atoms with E-state index in [1.807, 2.05) is 4.90 Å². The highest BCUT2D eigenvalue weighted by Crippen LogP contribution is 2.41. The molecule has 2 aromatic heterocycles. The van der Waals surface area contributed by atoms with Gasteiger partial charge in [-0.25, -0.2) is 13.5 Å². The molecule has 2 aliphatic heterocycles. The molecule has 1 N–H and O–H groups in total. The van der Waals surface area contributed by atoms with Gasteiger partial charge in [-0.2, -0.15) is 18.2 Å². The predicted molar refractivity (Wildman–Crippen MR) is 123 cm³/mol. The Kier molecular flexibility index (Phi) is 5.49. The van der Waals surface area contributed by atoms with Gasteiger partial charge < -0.3 is 15.1 Å². The summed E-state index contributed by atoms with van der Waals surface area (Å²) in [6.45, 7) is 2.46. The molecule has 3 atom stereocenters. The van der Waals surface area contributed by atoms with Crippen LogP contribution in [0, 0.1) is 23.5 Å². The Morgan fingerprint density at radius 1 is 0.917 bits per heavy atom. The van der Waals surface area contributed by atoms with E-state index in [0.717, 1.165) is 31.4 Å². The van der Waals surface area contributed by atoms with Crippen molar-refractivity contribution in [3.8, 4) is 0 Å². The van der Waals surface area contributed by atoms with Crippen LogP contribution in [0.3, 0.4) is 0 Å². The number of aromatic nitrogens is 4. The van der Waals surface area contributed by atoms with Crippen molar-refractivity contribution in [1.29, 1.82) is 0 Å². The van der Waals surface area contributed by atoms with E-state index in [1.165, 1.54) is 18.3 Å². The second-order valence-electron chi connectivity index (χ2n) is 9.66. The van der Waals surface area contributed by atoms with Crippen LogP contribution in [-0.2, 0) is 12.7 Å². The van der Waals surface area contributed by atoms with Crippen LogP contribution in [-0.4, -0.2) is 45.4 Å². The summed E-state index contributed by atoms with van der Waals surface area (Å²) in [6, 6.07) is 6.22. The standard InChI is InChI=1S/C24H24F5N7/c25-16-8-17(26)10-19(9-16)35-6-1-7-36-23(35)32-22(33-36)31-21-14-2-3-15(21)13-34(12-14)18-4-5-30-20(11-18)24(27,28)29/h4-5,8-11,14-15,21H,1-3,6-7,12-13H2,(H,31,33)/t14-,15+,21?. The lowest BCUT2D eigenvalue weighted by molar-refractivity contribution is -0.141. The van der Waals surface area contributed by atoms with Crippen molar-refractivity contribution in [1.82, 2.24) is 19.7 Å². The molecule has 0 spiro atoms. The Labute approximate surface area is 203 Å². The van der Waals surface area contributed by atoms with Gasteiger partial charge in [0, 0.05) is 55.9 Å². The molecule has 4 heterocycles. The predicted octanol–water partition coefficient (Wildman–Crippen LogP) is 4.84. The van der Waals surface area contributed by atoms with Gasteiger partial charge in [-0.15, -0.1) is 5.10 Å². The third-order valence-corrected chi connectivity index (χ3v) is 7.33. The molecule has 1 unspecified atom stereocenters. The van der Waals surface area contributed by atoms with Gasteiger partial charge >= 0.3 is 6.18 Å². The molecule has 12 heteroatoms. The molecule has 1 saturated heterocycles. The number of alkyl halides is 3. The summed E-state index contributed by atoms with van der Waals surface area (Å²) in [5.41, 5.74) is 0.0284. The molecule has 3 aliphatic rings. The minimum absolute atomic E-state index is 0.0923.